The highest BCUT2D eigenvalue weighted by Gasteiger charge is 2.54. The number of hydroxylamine groups is 1. The Hall–Kier alpha value is -4.30. The third-order valence-electron chi connectivity index (χ3n) is 8.87. The number of amides is 4. The largest absolute Gasteiger partial charge is 0.444 e. The molecule has 3 heterocycles. The van der Waals surface area contributed by atoms with Gasteiger partial charge in [0, 0.05) is 24.4 Å². The summed E-state index contributed by atoms with van der Waals surface area (Å²) in [6, 6.07) is 5.14. The maximum Gasteiger partial charge on any atom is 0.408 e. The van der Waals surface area contributed by atoms with Gasteiger partial charge < -0.3 is 30.3 Å². The molecule has 5 atom stereocenters. The third kappa shape index (κ3) is 8.21. The molecule has 1 saturated carbocycles. The zero-order valence-corrected chi connectivity index (χ0v) is 27.8. The molecular formula is C34H45N5O9. The highest BCUT2D eigenvalue weighted by Crippen LogP contribution is 2.37. The van der Waals surface area contributed by atoms with E-state index in [0.717, 1.165) is 12.8 Å². The van der Waals surface area contributed by atoms with E-state index in [2.05, 4.69) is 21.4 Å². The van der Waals surface area contributed by atoms with Gasteiger partial charge >= 0.3 is 6.09 Å². The van der Waals surface area contributed by atoms with Crippen molar-refractivity contribution in [1.82, 2.24) is 26.3 Å². The molecule has 3 fully saturated rings. The molecule has 5 rings (SSSR count). The molecule has 3 aliphatic heterocycles. The first kappa shape index (κ1) is 35.0. The van der Waals surface area contributed by atoms with Crippen LogP contribution >= 0.6 is 0 Å². The SMILES string of the molecule is CCC[C@H](NC(=O)[C@@H]1C[C@]2(C=C(C(=O)c3ccccc3)NO2)CN1C(=O)[C@@H](NC(=O)O[C@H]1CCOC1)C(C)(C)C)C(=O)C(=O)NC1CC1. The number of ketones is 2. The Morgan fingerprint density at radius 1 is 1.06 bits per heavy atom. The molecule has 1 spiro atoms. The van der Waals surface area contributed by atoms with Crippen LogP contribution in [0.25, 0.3) is 0 Å². The number of Topliss-reactive ketones (excluding diaryl/α,β-unsaturated/α-hetero) is 2. The molecule has 260 valence electrons. The summed E-state index contributed by atoms with van der Waals surface area (Å²) in [7, 11) is 0. The van der Waals surface area contributed by atoms with Gasteiger partial charge in [-0.3, -0.25) is 34.3 Å². The predicted molar refractivity (Wildman–Crippen MR) is 171 cm³/mol. The Kier molecular flexibility index (Phi) is 10.5. The fourth-order valence-corrected chi connectivity index (χ4v) is 6.07. The second kappa shape index (κ2) is 14.4. The van der Waals surface area contributed by atoms with Gasteiger partial charge in [-0.2, -0.15) is 0 Å². The third-order valence-corrected chi connectivity index (χ3v) is 8.87. The number of ether oxygens (including phenoxy) is 2. The van der Waals surface area contributed by atoms with Crippen molar-refractivity contribution in [2.24, 2.45) is 5.41 Å². The summed E-state index contributed by atoms with van der Waals surface area (Å²) >= 11 is 0. The normalized spacial score (nSPS) is 24.7. The molecule has 48 heavy (non-hydrogen) atoms. The van der Waals surface area contributed by atoms with Crippen LogP contribution in [0.5, 0.6) is 0 Å². The standard InChI is InChI=1S/C34H45N5O9/c1-5-9-23(27(41)30(43)35-21-12-13-21)36-29(42)25-17-34(16-24(38-48-34)26(40)20-10-7-6-8-11-20)19-39(25)31(44)28(33(2,3)4)37-32(45)47-22-14-15-46-18-22/h6-8,10-11,16,21-23,25,28,38H,5,9,12-15,17-19H2,1-4H3,(H,35,43)(H,36,42)(H,37,45)/t22-,23-,25-,28+,34+/m0/s1. The Morgan fingerprint density at radius 2 is 1.79 bits per heavy atom. The summed E-state index contributed by atoms with van der Waals surface area (Å²) in [5.41, 5.74) is 1.16. The number of rotatable bonds is 12. The van der Waals surface area contributed by atoms with Crippen LogP contribution < -0.4 is 21.4 Å². The number of carbonyl (C=O) groups excluding carboxylic acids is 6. The number of hydrogen-bond donors (Lipinski definition) is 4. The topological polar surface area (TPSA) is 181 Å². The van der Waals surface area contributed by atoms with Gasteiger partial charge in [-0.1, -0.05) is 64.4 Å². The number of hydrogen-bond acceptors (Lipinski definition) is 10. The predicted octanol–water partition coefficient (Wildman–Crippen LogP) is 1.69. The molecule has 0 unspecified atom stereocenters. The number of carbonyl (C=O) groups is 6. The minimum Gasteiger partial charge on any atom is -0.444 e. The van der Waals surface area contributed by atoms with Gasteiger partial charge in [0.05, 0.1) is 25.8 Å². The number of alkyl carbamates (subject to hydrolysis) is 1. The first-order chi connectivity index (χ1) is 22.8. The molecular weight excluding hydrogens is 622 g/mol. The smallest absolute Gasteiger partial charge is 0.408 e. The van der Waals surface area contributed by atoms with Crippen LogP contribution in [0.2, 0.25) is 0 Å². The Labute approximate surface area is 279 Å². The van der Waals surface area contributed by atoms with Gasteiger partial charge in [-0.15, -0.1) is 0 Å². The summed E-state index contributed by atoms with van der Waals surface area (Å²) < 4.78 is 10.8. The molecule has 4 aliphatic rings. The van der Waals surface area contributed by atoms with Crippen LogP contribution in [-0.4, -0.2) is 95.9 Å². The van der Waals surface area contributed by atoms with Crippen LogP contribution in [0.3, 0.4) is 0 Å². The van der Waals surface area contributed by atoms with E-state index in [1.807, 2.05) is 6.92 Å². The van der Waals surface area contributed by atoms with Crippen LogP contribution in [-0.2, 0) is 33.5 Å². The van der Waals surface area contributed by atoms with E-state index in [0.29, 0.717) is 25.0 Å². The van der Waals surface area contributed by atoms with Gasteiger partial charge in [-0.25, -0.2) is 4.79 Å². The number of benzene rings is 1. The van der Waals surface area contributed by atoms with E-state index in [-0.39, 0.29) is 43.5 Å². The van der Waals surface area contributed by atoms with Crippen molar-refractivity contribution < 1.29 is 43.1 Å². The average molecular weight is 668 g/mol. The van der Waals surface area contributed by atoms with E-state index < -0.39 is 64.8 Å². The Balaban J connectivity index is 1.41. The van der Waals surface area contributed by atoms with Crippen LogP contribution in [0.1, 0.15) is 76.6 Å². The van der Waals surface area contributed by atoms with E-state index in [1.165, 1.54) is 4.90 Å². The van der Waals surface area contributed by atoms with Gasteiger partial charge in [-0.05, 0) is 30.8 Å². The van der Waals surface area contributed by atoms with E-state index >= 15 is 0 Å². The number of likely N-dealkylation sites (tertiary alicyclic amines) is 1. The van der Waals surface area contributed by atoms with Crippen LogP contribution in [0, 0.1) is 5.41 Å². The van der Waals surface area contributed by atoms with Crippen molar-refractivity contribution in [2.75, 3.05) is 19.8 Å². The minimum atomic E-state index is -1.28. The molecule has 4 amide bonds. The fourth-order valence-electron chi connectivity index (χ4n) is 6.07. The van der Waals surface area contributed by atoms with Crippen LogP contribution in [0.4, 0.5) is 4.79 Å². The van der Waals surface area contributed by atoms with Crippen LogP contribution in [0.15, 0.2) is 42.1 Å². The second-order valence-corrected chi connectivity index (χ2v) is 14.0. The highest BCUT2D eigenvalue weighted by atomic mass is 16.7. The molecule has 0 aromatic heterocycles. The molecule has 1 aromatic carbocycles. The zero-order chi connectivity index (χ0) is 34.6. The van der Waals surface area contributed by atoms with E-state index in [1.54, 1.807) is 57.2 Å². The molecule has 2 saturated heterocycles. The average Bonchev–Trinajstić information content (AvgIpc) is 3.40. The zero-order valence-electron chi connectivity index (χ0n) is 27.8. The van der Waals surface area contributed by atoms with Crippen molar-refractivity contribution in [3.63, 3.8) is 0 Å². The quantitative estimate of drug-likeness (QED) is 0.189. The second-order valence-electron chi connectivity index (χ2n) is 14.0. The van der Waals surface area contributed by atoms with Crippen molar-refractivity contribution >= 4 is 35.4 Å². The van der Waals surface area contributed by atoms with Crippen molar-refractivity contribution in [2.45, 2.75) is 102 Å². The molecule has 14 heteroatoms. The van der Waals surface area contributed by atoms with Crippen molar-refractivity contribution in [1.29, 1.82) is 0 Å². The summed E-state index contributed by atoms with van der Waals surface area (Å²) in [6.07, 6.45) is 3.13. The summed E-state index contributed by atoms with van der Waals surface area (Å²) in [6.45, 7) is 7.73. The first-order valence-electron chi connectivity index (χ1n) is 16.6. The molecule has 0 radical (unpaired) electrons. The monoisotopic (exact) mass is 667 g/mol. The van der Waals surface area contributed by atoms with Gasteiger partial charge in [0.15, 0.2) is 0 Å². The number of allylic oxidation sites excluding steroid dienone is 1. The van der Waals surface area contributed by atoms with Gasteiger partial charge in [0.2, 0.25) is 23.4 Å². The highest BCUT2D eigenvalue weighted by molar-refractivity contribution is 6.38. The van der Waals surface area contributed by atoms with Gasteiger partial charge in [0.1, 0.15) is 29.5 Å². The molecule has 1 aliphatic carbocycles. The van der Waals surface area contributed by atoms with Crippen molar-refractivity contribution in [3.8, 4) is 0 Å². The number of nitrogens with zero attached hydrogens (tertiary/aromatic N) is 1. The molecule has 0 bridgehead atoms. The lowest BCUT2D eigenvalue weighted by molar-refractivity contribution is -0.144. The molecule has 14 nitrogen and oxygen atoms in total. The number of nitrogens with one attached hydrogen (secondary N) is 4. The van der Waals surface area contributed by atoms with E-state index in [9.17, 15) is 28.8 Å². The fraction of sp³-hybridized carbons (Fsp3) is 0.588. The lowest BCUT2D eigenvalue weighted by Crippen LogP contribution is -2.59. The minimum absolute atomic E-state index is 0.0384. The maximum atomic E-state index is 14.4. The lowest BCUT2D eigenvalue weighted by atomic mass is 9.85. The molecule has 4 N–H and O–H groups in total. The maximum absolute atomic E-state index is 14.4. The Morgan fingerprint density at radius 3 is 2.42 bits per heavy atom. The van der Waals surface area contributed by atoms with Crippen molar-refractivity contribution in [3.05, 3.63) is 47.7 Å². The summed E-state index contributed by atoms with van der Waals surface area (Å²) in [5.74, 6) is -3.09. The Bertz CT molecular complexity index is 1450. The lowest BCUT2D eigenvalue weighted by Gasteiger charge is -2.35. The first-order valence-corrected chi connectivity index (χ1v) is 16.6. The summed E-state index contributed by atoms with van der Waals surface area (Å²) in [4.78, 5) is 87.6. The summed E-state index contributed by atoms with van der Waals surface area (Å²) in [5, 5.41) is 8.09. The van der Waals surface area contributed by atoms with Gasteiger partial charge in [0.25, 0.3) is 5.91 Å². The van der Waals surface area contributed by atoms with E-state index in [4.69, 9.17) is 14.3 Å². The molecule has 1 aromatic rings.